The molecule has 1 aliphatic rings. The van der Waals surface area contributed by atoms with E-state index in [1.165, 1.54) is 6.42 Å². The van der Waals surface area contributed by atoms with Crippen molar-refractivity contribution in [3.8, 4) is 0 Å². The zero-order chi connectivity index (χ0) is 19.7. The number of rotatable bonds is 3. The molecule has 0 aliphatic carbocycles. The van der Waals surface area contributed by atoms with Crippen molar-refractivity contribution in [2.45, 2.75) is 33.1 Å². The summed E-state index contributed by atoms with van der Waals surface area (Å²) >= 11 is 3.51. The lowest BCUT2D eigenvalue weighted by atomic mass is 10.1. The van der Waals surface area contributed by atoms with Crippen LogP contribution in [0.2, 0.25) is 0 Å². The number of hydrogen-bond acceptors (Lipinski definition) is 4. The van der Waals surface area contributed by atoms with Crippen LogP contribution in [0.1, 0.15) is 40.9 Å². The van der Waals surface area contributed by atoms with Crippen molar-refractivity contribution < 1.29 is 4.79 Å². The number of aromatic nitrogens is 2. The van der Waals surface area contributed by atoms with E-state index in [1.807, 2.05) is 43.0 Å². The van der Waals surface area contributed by atoms with Crippen LogP contribution in [0.15, 0.2) is 41.0 Å². The van der Waals surface area contributed by atoms with Crippen LogP contribution in [0.3, 0.4) is 0 Å². The van der Waals surface area contributed by atoms with Crippen LogP contribution in [0.5, 0.6) is 0 Å². The number of aryl methyl sites for hydroxylation is 2. The van der Waals surface area contributed by atoms with E-state index in [0.29, 0.717) is 11.2 Å². The standard InChI is InChI=1S/C22H23BrN4O/c1-14-12-16(23)7-9-19(14)26-20-17-8-6-15(2)25-21(17)24-13-18(20)22(28)27-10-4-3-5-11-27/h6-9,12-13H,3-5,10-11H2,1-2H3,(H,24,25,26). The Morgan fingerprint density at radius 1 is 1.11 bits per heavy atom. The first kappa shape index (κ1) is 18.9. The molecule has 0 atom stereocenters. The summed E-state index contributed by atoms with van der Waals surface area (Å²) in [6.45, 7) is 5.60. The van der Waals surface area contributed by atoms with Crippen molar-refractivity contribution in [2.24, 2.45) is 0 Å². The van der Waals surface area contributed by atoms with Crippen LogP contribution < -0.4 is 5.32 Å². The average Bonchev–Trinajstić information content (AvgIpc) is 2.70. The highest BCUT2D eigenvalue weighted by Gasteiger charge is 2.23. The predicted molar refractivity (Wildman–Crippen MR) is 116 cm³/mol. The van der Waals surface area contributed by atoms with Crippen LogP contribution in [0, 0.1) is 13.8 Å². The summed E-state index contributed by atoms with van der Waals surface area (Å²) in [5.41, 5.74) is 4.98. The van der Waals surface area contributed by atoms with Crippen LogP contribution in [-0.2, 0) is 0 Å². The van der Waals surface area contributed by atoms with E-state index in [-0.39, 0.29) is 5.91 Å². The minimum Gasteiger partial charge on any atom is -0.354 e. The lowest BCUT2D eigenvalue weighted by Gasteiger charge is -2.28. The fourth-order valence-electron chi connectivity index (χ4n) is 3.64. The van der Waals surface area contributed by atoms with Gasteiger partial charge in [0, 0.05) is 40.5 Å². The van der Waals surface area contributed by atoms with Gasteiger partial charge in [0.15, 0.2) is 5.65 Å². The van der Waals surface area contributed by atoms with Crippen molar-refractivity contribution in [1.29, 1.82) is 0 Å². The smallest absolute Gasteiger partial charge is 0.257 e. The number of fused-ring (bicyclic) bond motifs is 1. The van der Waals surface area contributed by atoms with E-state index in [9.17, 15) is 4.79 Å². The molecule has 1 fully saturated rings. The Kier molecular flexibility index (Phi) is 5.31. The van der Waals surface area contributed by atoms with Crippen molar-refractivity contribution in [3.63, 3.8) is 0 Å². The maximum absolute atomic E-state index is 13.3. The van der Waals surface area contributed by atoms with Crippen molar-refractivity contribution >= 4 is 44.2 Å². The number of benzene rings is 1. The maximum atomic E-state index is 13.3. The van der Waals surface area contributed by atoms with Gasteiger partial charge in [-0.1, -0.05) is 15.9 Å². The molecule has 0 spiro atoms. The third-order valence-corrected chi connectivity index (χ3v) is 5.68. The first-order valence-corrected chi connectivity index (χ1v) is 10.4. The van der Waals surface area contributed by atoms with Gasteiger partial charge in [0.2, 0.25) is 0 Å². The zero-order valence-electron chi connectivity index (χ0n) is 16.1. The van der Waals surface area contributed by atoms with E-state index in [2.05, 4.69) is 37.3 Å². The van der Waals surface area contributed by atoms with Crippen LogP contribution in [-0.4, -0.2) is 33.9 Å². The van der Waals surface area contributed by atoms with Gasteiger partial charge in [-0.3, -0.25) is 4.79 Å². The number of carbonyl (C=O) groups is 1. The number of carbonyl (C=O) groups excluding carboxylic acids is 1. The molecule has 6 heteroatoms. The lowest BCUT2D eigenvalue weighted by Crippen LogP contribution is -2.36. The third kappa shape index (κ3) is 3.74. The Hall–Kier alpha value is -2.47. The Morgan fingerprint density at radius 3 is 2.64 bits per heavy atom. The molecule has 1 N–H and O–H groups in total. The monoisotopic (exact) mass is 438 g/mol. The maximum Gasteiger partial charge on any atom is 0.257 e. The SMILES string of the molecule is Cc1ccc2c(Nc3ccc(Br)cc3C)c(C(=O)N3CCCCC3)cnc2n1. The molecule has 1 aliphatic heterocycles. The van der Waals surface area contributed by atoms with Gasteiger partial charge in [-0.05, 0) is 69.0 Å². The molecule has 1 aromatic carbocycles. The second kappa shape index (κ2) is 7.87. The highest BCUT2D eigenvalue weighted by Crippen LogP contribution is 2.32. The number of amides is 1. The summed E-state index contributed by atoms with van der Waals surface area (Å²) in [5.74, 6) is 0.0342. The van der Waals surface area contributed by atoms with Gasteiger partial charge >= 0.3 is 0 Å². The Bertz CT molecular complexity index is 1040. The normalized spacial score (nSPS) is 14.3. The summed E-state index contributed by atoms with van der Waals surface area (Å²) in [7, 11) is 0. The minimum absolute atomic E-state index is 0.0342. The first-order chi connectivity index (χ1) is 13.5. The van der Waals surface area contributed by atoms with Gasteiger partial charge in [-0.15, -0.1) is 0 Å². The molecule has 2 aromatic heterocycles. The van der Waals surface area contributed by atoms with Gasteiger partial charge in [-0.2, -0.15) is 0 Å². The quantitative estimate of drug-likeness (QED) is 0.596. The highest BCUT2D eigenvalue weighted by atomic mass is 79.9. The molecule has 144 valence electrons. The molecule has 0 unspecified atom stereocenters. The molecule has 28 heavy (non-hydrogen) atoms. The van der Waals surface area contributed by atoms with Gasteiger partial charge in [0.1, 0.15) is 0 Å². The van der Waals surface area contributed by atoms with E-state index in [4.69, 9.17) is 0 Å². The summed E-state index contributed by atoms with van der Waals surface area (Å²) in [5, 5.41) is 4.36. The number of likely N-dealkylation sites (tertiary alicyclic amines) is 1. The fourth-order valence-corrected chi connectivity index (χ4v) is 4.11. The summed E-state index contributed by atoms with van der Waals surface area (Å²) in [6, 6.07) is 10.0. The zero-order valence-corrected chi connectivity index (χ0v) is 17.7. The lowest BCUT2D eigenvalue weighted by molar-refractivity contribution is 0.0725. The van der Waals surface area contributed by atoms with Crippen molar-refractivity contribution in [3.05, 3.63) is 57.8 Å². The number of nitrogens with one attached hydrogen (secondary N) is 1. The van der Waals surface area contributed by atoms with Gasteiger partial charge in [0.25, 0.3) is 5.91 Å². The van der Waals surface area contributed by atoms with E-state index in [0.717, 1.165) is 58.4 Å². The Morgan fingerprint density at radius 2 is 1.89 bits per heavy atom. The van der Waals surface area contributed by atoms with Gasteiger partial charge < -0.3 is 10.2 Å². The van der Waals surface area contributed by atoms with Crippen LogP contribution in [0.4, 0.5) is 11.4 Å². The van der Waals surface area contributed by atoms with Crippen LogP contribution >= 0.6 is 15.9 Å². The highest BCUT2D eigenvalue weighted by molar-refractivity contribution is 9.10. The summed E-state index contributed by atoms with van der Waals surface area (Å²) < 4.78 is 1.03. The molecule has 1 amide bonds. The number of pyridine rings is 2. The molecular weight excluding hydrogens is 416 g/mol. The first-order valence-electron chi connectivity index (χ1n) is 9.62. The molecular formula is C22H23BrN4O. The molecule has 0 saturated carbocycles. The molecule has 0 bridgehead atoms. The molecule has 3 heterocycles. The molecule has 1 saturated heterocycles. The average molecular weight is 439 g/mol. The number of nitrogens with zero attached hydrogens (tertiary/aromatic N) is 3. The number of anilines is 2. The third-order valence-electron chi connectivity index (χ3n) is 5.19. The largest absolute Gasteiger partial charge is 0.354 e. The second-order valence-corrected chi connectivity index (χ2v) is 8.22. The predicted octanol–water partition coefficient (Wildman–Crippen LogP) is 5.38. The second-order valence-electron chi connectivity index (χ2n) is 7.31. The minimum atomic E-state index is 0.0342. The molecule has 0 radical (unpaired) electrons. The number of halogens is 1. The Balaban J connectivity index is 1.83. The van der Waals surface area contributed by atoms with E-state index in [1.54, 1.807) is 6.20 Å². The molecule has 4 rings (SSSR count). The Labute approximate surface area is 173 Å². The summed E-state index contributed by atoms with van der Waals surface area (Å²) in [6.07, 6.45) is 4.97. The number of hydrogen-bond donors (Lipinski definition) is 1. The van der Waals surface area contributed by atoms with Crippen molar-refractivity contribution in [2.75, 3.05) is 18.4 Å². The number of piperidine rings is 1. The van der Waals surface area contributed by atoms with Gasteiger partial charge in [0.05, 0.1) is 11.3 Å². The van der Waals surface area contributed by atoms with Crippen molar-refractivity contribution in [1.82, 2.24) is 14.9 Å². The molecule has 3 aromatic rings. The van der Waals surface area contributed by atoms with E-state index < -0.39 is 0 Å². The summed E-state index contributed by atoms with van der Waals surface area (Å²) in [4.78, 5) is 24.3. The van der Waals surface area contributed by atoms with Gasteiger partial charge in [-0.25, -0.2) is 9.97 Å². The molecule has 5 nitrogen and oxygen atoms in total. The van der Waals surface area contributed by atoms with Crippen LogP contribution in [0.25, 0.3) is 11.0 Å². The fraction of sp³-hybridized carbons (Fsp3) is 0.318. The topological polar surface area (TPSA) is 58.1 Å². The van der Waals surface area contributed by atoms with E-state index >= 15 is 0 Å².